The first-order valence-electron chi connectivity index (χ1n) is 8.49. The molecule has 0 bridgehead atoms. The molecule has 1 aromatic rings. The molecule has 4 heteroatoms. The number of carbonyl (C=O) groups excluding carboxylic acids is 1. The lowest BCUT2D eigenvalue weighted by molar-refractivity contribution is -0.115. The molecule has 0 amide bonds. The topological polar surface area (TPSA) is 37.3 Å². The first kappa shape index (κ1) is 16.9. The number of hydrogen-bond donors (Lipinski definition) is 1. The SMILES string of the molecule is C[Si](C)(C)C1=C(CO)C2(c3ccccc3)CC2([Si](C)(C)C)C1=O. The van der Waals surface area contributed by atoms with Crippen LogP contribution in [0.15, 0.2) is 41.1 Å². The van der Waals surface area contributed by atoms with Crippen LogP contribution >= 0.6 is 0 Å². The molecule has 2 aliphatic rings. The van der Waals surface area contributed by atoms with E-state index in [1.54, 1.807) is 0 Å². The number of allylic oxidation sites excluding steroid dienone is 1. The van der Waals surface area contributed by atoms with Crippen LogP contribution in [0.2, 0.25) is 44.3 Å². The van der Waals surface area contributed by atoms with Gasteiger partial charge in [-0.3, -0.25) is 4.79 Å². The van der Waals surface area contributed by atoms with Crippen LogP contribution in [0.5, 0.6) is 0 Å². The van der Waals surface area contributed by atoms with E-state index in [-0.39, 0.29) is 17.1 Å². The zero-order valence-electron chi connectivity index (χ0n) is 15.2. The number of fused-ring (bicyclic) bond motifs is 1. The quantitative estimate of drug-likeness (QED) is 0.833. The van der Waals surface area contributed by atoms with Crippen molar-refractivity contribution in [2.24, 2.45) is 0 Å². The second kappa shape index (κ2) is 4.77. The van der Waals surface area contributed by atoms with Gasteiger partial charge < -0.3 is 5.11 Å². The summed E-state index contributed by atoms with van der Waals surface area (Å²) in [6, 6.07) is 10.4. The first-order valence-corrected chi connectivity index (χ1v) is 15.5. The van der Waals surface area contributed by atoms with Crippen LogP contribution in [0.25, 0.3) is 0 Å². The number of carbonyl (C=O) groups is 1. The summed E-state index contributed by atoms with van der Waals surface area (Å²) in [5.41, 5.74) is 2.06. The Hall–Kier alpha value is -0.976. The van der Waals surface area contributed by atoms with Crippen molar-refractivity contribution in [3.63, 3.8) is 0 Å². The van der Waals surface area contributed by atoms with Crippen LogP contribution in [0.3, 0.4) is 0 Å². The van der Waals surface area contributed by atoms with Crippen molar-refractivity contribution in [2.75, 3.05) is 6.61 Å². The summed E-state index contributed by atoms with van der Waals surface area (Å²) in [6.07, 6.45) is 0.905. The smallest absolute Gasteiger partial charge is 0.159 e. The molecule has 124 valence electrons. The van der Waals surface area contributed by atoms with E-state index in [2.05, 4.69) is 63.5 Å². The fraction of sp³-hybridized carbons (Fsp3) is 0.526. The zero-order valence-corrected chi connectivity index (χ0v) is 17.2. The molecule has 2 nitrogen and oxygen atoms in total. The van der Waals surface area contributed by atoms with Crippen molar-refractivity contribution in [3.8, 4) is 0 Å². The zero-order chi connectivity index (χ0) is 17.3. The van der Waals surface area contributed by atoms with Crippen molar-refractivity contribution in [3.05, 3.63) is 46.7 Å². The van der Waals surface area contributed by atoms with E-state index in [1.165, 1.54) is 5.56 Å². The Balaban J connectivity index is 2.32. The van der Waals surface area contributed by atoms with Gasteiger partial charge in [-0.25, -0.2) is 0 Å². The van der Waals surface area contributed by atoms with E-state index in [4.69, 9.17) is 0 Å². The third-order valence-electron chi connectivity index (χ3n) is 6.02. The lowest BCUT2D eigenvalue weighted by Gasteiger charge is -2.31. The van der Waals surface area contributed by atoms with Crippen LogP contribution < -0.4 is 0 Å². The molecule has 2 aliphatic carbocycles. The van der Waals surface area contributed by atoms with Gasteiger partial charge in [0.1, 0.15) is 0 Å². The number of aliphatic hydroxyl groups is 1. The summed E-state index contributed by atoms with van der Waals surface area (Å²) in [5, 5.41) is 11.0. The highest BCUT2D eigenvalue weighted by Gasteiger charge is 2.82. The minimum Gasteiger partial charge on any atom is -0.392 e. The maximum absolute atomic E-state index is 13.6. The standard InChI is InChI=1S/C19H28O2Si2/c1-22(2,3)16-15(12-20)18(14-10-8-7-9-11-14)13-19(18,17(16)21)23(4,5)6/h7-11,20H,12-13H2,1-6H3. The van der Waals surface area contributed by atoms with Gasteiger partial charge in [-0.1, -0.05) is 69.6 Å². The molecule has 0 spiro atoms. The molecule has 0 radical (unpaired) electrons. The molecular formula is C19H28O2Si2. The maximum Gasteiger partial charge on any atom is 0.159 e. The molecule has 1 saturated carbocycles. The highest BCUT2D eigenvalue weighted by molar-refractivity contribution is 6.92. The van der Waals surface area contributed by atoms with E-state index in [0.717, 1.165) is 17.2 Å². The fourth-order valence-corrected chi connectivity index (χ4v) is 10.4. The Kier molecular flexibility index (Phi) is 3.50. The van der Waals surface area contributed by atoms with Crippen molar-refractivity contribution < 1.29 is 9.90 Å². The van der Waals surface area contributed by atoms with Gasteiger partial charge in [0.25, 0.3) is 0 Å². The Morgan fingerprint density at radius 3 is 2.04 bits per heavy atom. The van der Waals surface area contributed by atoms with Gasteiger partial charge in [-0.2, -0.15) is 0 Å². The second-order valence-electron chi connectivity index (χ2n) is 9.19. The number of benzene rings is 1. The molecule has 2 unspecified atom stereocenters. The van der Waals surface area contributed by atoms with E-state index < -0.39 is 16.1 Å². The summed E-state index contributed by atoms with van der Waals surface area (Å²) in [6.45, 7) is 13.7. The van der Waals surface area contributed by atoms with Gasteiger partial charge >= 0.3 is 0 Å². The summed E-state index contributed by atoms with van der Waals surface area (Å²) in [4.78, 5) is 13.6. The predicted octanol–water partition coefficient (Wildman–Crippen LogP) is 4.16. The van der Waals surface area contributed by atoms with Gasteiger partial charge in [-0.05, 0) is 22.8 Å². The predicted molar refractivity (Wildman–Crippen MR) is 101 cm³/mol. The van der Waals surface area contributed by atoms with E-state index >= 15 is 0 Å². The Morgan fingerprint density at radius 2 is 1.61 bits per heavy atom. The molecule has 2 atom stereocenters. The minimum atomic E-state index is -1.80. The monoisotopic (exact) mass is 344 g/mol. The maximum atomic E-state index is 13.6. The van der Waals surface area contributed by atoms with Crippen molar-refractivity contribution in [2.45, 2.75) is 56.2 Å². The first-order chi connectivity index (χ1) is 10.5. The van der Waals surface area contributed by atoms with E-state index in [0.29, 0.717) is 5.78 Å². The second-order valence-corrected chi connectivity index (χ2v) is 19.5. The van der Waals surface area contributed by atoms with Gasteiger partial charge in [0.2, 0.25) is 0 Å². The van der Waals surface area contributed by atoms with E-state index in [1.807, 2.05) is 6.07 Å². The van der Waals surface area contributed by atoms with E-state index in [9.17, 15) is 9.90 Å². The normalized spacial score (nSPS) is 30.7. The van der Waals surface area contributed by atoms with Crippen LogP contribution in [0.1, 0.15) is 12.0 Å². The van der Waals surface area contributed by atoms with Gasteiger partial charge in [0, 0.05) is 10.5 Å². The Labute approximate surface area is 141 Å². The summed E-state index contributed by atoms with van der Waals surface area (Å²) < 4.78 is 0. The molecule has 3 rings (SSSR count). The van der Waals surface area contributed by atoms with Gasteiger partial charge in [-0.15, -0.1) is 0 Å². The average Bonchev–Trinajstić information content (AvgIpc) is 3.10. The van der Waals surface area contributed by atoms with Crippen LogP contribution in [-0.4, -0.2) is 33.6 Å². The number of ketones is 1. The number of Topliss-reactive ketones (excluding diaryl/α,β-unsaturated/α-hetero) is 1. The average molecular weight is 345 g/mol. The lowest BCUT2D eigenvalue weighted by atomic mass is 9.88. The molecule has 1 aromatic carbocycles. The van der Waals surface area contributed by atoms with Crippen LogP contribution in [0, 0.1) is 0 Å². The number of rotatable bonds is 4. The summed E-state index contributed by atoms with van der Waals surface area (Å²) >= 11 is 0. The third kappa shape index (κ3) is 1.92. The van der Waals surface area contributed by atoms with Crippen molar-refractivity contribution in [1.29, 1.82) is 0 Å². The third-order valence-corrected chi connectivity index (χ3v) is 11.4. The molecule has 0 saturated heterocycles. The molecular weight excluding hydrogens is 316 g/mol. The fourth-order valence-electron chi connectivity index (χ4n) is 5.05. The summed E-state index contributed by atoms with van der Waals surface area (Å²) in [5.74, 6) is 0.378. The Bertz CT molecular complexity index is 694. The summed E-state index contributed by atoms with van der Waals surface area (Å²) in [7, 11) is -3.55. The Morgan fingerprint density at radius 1 is 1.04 bits per heavy atom. The van der Waals surface area contributed by atoms with Crippen LogP contribution in [0.4, 0.5) is 0 Å². The molecule has 1 fully saturated rings. The minimum absolute atomic E-state index is 0.0203. The van der Waals surface area contributed by atoms with Crippen molar-refractivity contribution >= 4 is 21.9 Å². The van der Waals surface area contributed by atoms with Crippen molar-refractivity contribution in [1.82, 2.24) is 0 Å². The molecule has 0 aliphatic heterocycles. The highest BCUT2D eigenvalue weighted by atomic mass is 28.3. The molecule has 0 heterocycles. The largest absolute Gasteiger partial charge is 0.392 e. The highest BCUT2D eigenvalue weighted by Crippen LogP contribution is 2.82. The molecule has 23 heavy (non-hydrogen) atoms. The van der Waals surface area contributed by atoms with Crippen LogP contribution in [-0.2, 0) is 10.2 Å². The number of aliphatic hydroxyl groups excluding tert-OH is 1. The van der Waals surface area contributed by atoms with Gasteiger partial charge in [0.15, 0.2) is 5.78 Å². The lowest BCUT2D eigenvalue weighted by Crippen LogP contribution is -2.40. The van der Waals surface area contributed by atoms with Gasteiger partial charge in [0.05, 0.1) is 22.8 Å². The molecule has 1 N–H and O–H groups in total. The molecule has 0 aromatic heterocycles. The number of hydrogen-bond acceptors (Lipinski definition) is 2.